The first-order valence-corrected chi connectivity index (χ1v) is 6.78. The first-order valence-electron chi connectivity index (χ1n) is 6.78. The van der Waals surface area contributed by atoms with Crippen molar-refractivity contribution in [1.29, 1.82) is 0 Å². The average Bonchev–Trinajstić information content (AvgIpc) is 2.47. The Morgan fingerprint density at radius 2 is 1.82 bits per heavy atom. The molecule has 0 spiro atoms. The lowest BCUT2D eigenvalue weighted by molar-refractivity contribution is 0.477. The van der Waals surface area contributed by atoms with Crippen molar-refractivity contribution >= 4 is 11.5 Å². The molecule has 0 aliphatic rings. The van der Waals surface area contributed by atoms with E-state index in [4.69, 9.17) is 0 Å². The topological polar surface area (TPSA) is 58.0 Å². The van der Waals surface area contributed by atoms with Crippen LogP contribution in [0.5, 0.6) is 5.75 Å². The third kappa shape index (κ3) is 3.03. The number of aromatic hydroxyl groups is 1. The number of aromatic nitrogens is 2. The SMILES string of the molecule is Cc1cc(Nc2cccc(F)c2)nc(-c2ccccc2O)n1. The van der Waals surface area contributed by atoms with Gasteiger partial charge in [-0.25, -0.2) is 14.4 Å². The number of nitrogens with one attached hydrogen (secondary N) is 1. The number of phenolic OH excluding ortho intramolecular Hbond substituents is 1. The van der Waals surface area contributed by atoms with E-state index in [2.05, 4.69) is 15.3 Å². The van der Waals surface area contributed by atoms with Gasteiger partial charge in [-0.15, -0.1) is 0 Å². The second-order valence-electron chi connectivity index (χ2n) is 4.87. The first-order chi connectivity index (χ1) is 10.6. The summed E-state index contributed by atoms with van der Waals surface area (Å²) < 4.78 is 13.2. The summed E-state index contributed by atoms with van der Waals surface area (Å²) in [6.07, 6.45) is 0. The molecule has 1 aromatic heterocycles. The number of phenols is 1. The average molecular weight is 295 g/mol. The summed E-state index contributed by atoms with van der Waals surface area (Å²) in [6, 6.07) is 14.8. The number of hydrogen-bond acceptors (Lipinski definition) is 4. The molecule has 2 aromatic carbocycles. The monoisotopic (exact) mass is 295 g/mol. The second-order valence-corrected chi connectivity index (χ2v) is 4.87. The van der Waals surface area contributed by atoms with E-state index in [-0.39, 0.29) is 11.6 Å². The van der Waals surface area contributed by atoms with E-state index in [0.717, 1.165) is 5.69 Å². The molecule has 3 aromatic rings. The number of hydrogen-bond donors (Lipinski definition) is 2. The van der Waals surface area contributed by atoms with Crippen molar-refractivity contribution in [2.24, 2.45) is 0 Å². The van der Waals surface area contributed by atoms with E-state index in [1.54, 1.807) is 42.5 Å². The molecule has 22 heavy (non-hydrogen) atoms. The van der Waals surface area contributed by atoms with Gasteiger partial charge in [0.05, 0.1) is 5.56 Å². The van der Waals surface area contributed by atoms with Gasteiger partial charge in [-0.05, 0) is 37.3 Å². The molecule has 0 unspecified atom stereocenters. The maximum Gasteiger partial charge on any atom is 0.165 e. The maximum atomic E-state index is 13.2. The van der Waals surface area contributed by atoms with E-state index in [1.165, 1.54) is 12.1 Å². The summed E-state index contributed by atoms with van der Waals surface area (Å²) in [5.74, 6) is 0.745. The lowest BCUT2D eigenvalue weighted by Crippen LogP contribution is -1.99. The smallest absolute Gasteiger partial charge is 0.165 e. The minimum atomic E-state index is -0.322. The molecule has 0 amide bonds. The molecule has 0 aliphatic carbocycles. The van der Waals surface area contributed by atoms with Crippen molar-refractivity contribution in [3.05, 3.63) is 66.1 Å². The number of para-hydroxylation sites is 1. The lowest BCUT2D eigenvalue weighted by Gasteiger charge is -2.09. The molecule has 3 rings (SSSR count). The van der Waals surface area contributed by atoms with Crippen LogP contribution in [0.2, 0.25) is 0 Å². The van der Waals surface area contributed by atoms with E-state index < -0.39 is 0 Å². The van der Waals surface area contributed by atoms with Crippen LogP contribution in [0, 0.1) is 12.7 Å². The Balaban J connectivity index is 1.98. The third-order valence-corrected chi connectivity index (χ3v) is 3.10. The Kier molecular flexibility index (Phi) is 3.70. The van der Waals surface area contributed by atoms with Gasteiger partial charge in [-0.2, -0.15) is 0 Å². The van der Waals surface area contributed by atoms with Crippen LogP contribution in [-0.4, -0.2) is 15.1 Å². The van der Waals surface area contributed by atoms with E-state index in [0.29, 0.717) is 22.9 Å². The van der Waals surface area contributed by atoms with Gasteiger partial charge >= 0.3 is 0 Å². The van der Waals surface area contributed by atoms with Gasteiger partial charge in [0.15, 0.2) is 5.82 Å². The van der Waals surface area contributed by atoms with Crippen LogP contribution in [0.4, 0.5) is 15.9 Å². The van der Waals surface area contributed by atoms with Gasteiger partial charge in [-0.3, -0.25) is 0 Å². The van der Waals surface area contributed by atoms with E-state index >= 15 is 0 Å². The van der Waals surface area contributed by atoms with Gasteiger partial charge in [0.25, 0.3) is 0 Å². The molecule has 0 atom stereocenters. The minimum absolute atomic E-state index is 0.116. The van der Waals surface area contributed by atoms with Crippen molar-refractivity contribution in [1.82, 2.24) is 9.97 Å². The van der Waals surface area contributed by atoms with Crippen molar-refractivity contribution in [3.63, 3.8) is 0 Å². The predicted octanol–water partition coefficient (Wildman–Crippen LogP) is 4.04. The standard InChI is InChI=1S/C17H14FN3O/c1-11-9-16(20-13-6-4-5-12(18)10-13)21-17(19-11)14-7-2-3-8-15(14)22/h2-10,22H,1H3,(H,19,20,21). The molecule has 2 N–H and O–H groups in total. The zero-order valence-electron chi connectivity index (χ0n) is 11.9. The molecule has 0 radical (unpaired) electrons. The number of halogens is 1. The van der Waals surface area contributed by atoms with Crippen LogP contribution < -0.4 is 5.32 Å². The maximum absolute atomic E-state index is 13.2. The zero-order chi connectivity index (χ0) is 15.5. The highest BCUT2D eigenvalue weighted by molar-refractivity contribution is 5.66. The summed E-state index contributed by atoms with van der Waals surface area (Å²) in [5.41, 5.74) is 1.89. The predicted molar refractivity (Wildman–Crippen MR) is 83.6 cm³/mol. The number of anilines is 2. The highest BCUT2D eigenvalue weighted by atomic mass is 19.1. The molecule has 0 bridgehead atoms. The van der Waals surface area contributed by atoms with Gasteiger partial charge in [0, 0.05) is 17.4 Å². The van der Waals surface area contributed by atoms with Crippen LogP contribution in [0.15, 0.2) is 54.6 Å². The fraction of sp³-hybridized carbons (Fsp3) is 0.0588. The first kappa shape index (κ1) is 14.0. The second kappa shape index (κ2) is 5.81. The third-order valence-electron chi connectivity index (χ3n) is 3.10. The number of rotatable bonds is 3. The zero-order valence-corrected chi connectivity index (χ0v) is 11.9. The van der Waals surface area contributed by atoms with Crippen LogP contribution in [0.3, 0.4) is 0 Å². The van der Waals surface area contributed by atoms with E-state index in [1.807, 2.05) is 6.92 Å². The van der Waals surface area contributed by atoms with Crippen molar-refractivity contribution in [2.45, 2.75) is 6.92 Å². The summed E-state index contributed by atoms with van der Waals surface area (Å²) in [7, 11) is 0. The summed E-state index contributed by atoms with van der Waals surface area (Å²) in [5, 5.41) is 13.0. The fourth-order valence-corrected chi connectivity index (χ4v) is 2.13. The summed E-state index contributed by atoms with van der Waals surface area (Å²) >= 11 is 0. The normalized spacial score (nSPS) is 10.5. The number of benzene rings is 2. The summed E-state index contributed by atoms with van der Waals surface area (Å²) in [6.45, 7) is 1.84. The van der Waals surface area contributed by atoms with Crippen LogP contribution in [0.25, 0.3) is 11.4 Å². The quantitative estimate of drug-likeness (QED) is 0.765. The Hall–Kier alpha value is -2.95. The Morgan fingerprint density at radius 1 is 1.00 bits per heavy atom. The Morgan fingerprint density at radius 3 is 2.59 bits per heavy atom. The van der Waals surface area contributed by atoms with Crippen LogP contribution in [0.1, 0.15) is 5.69 Å². The van der Waals surface area contributed by atoms with Crippen molar-refractivity contribution < 1.29 is 9.50 Å². The summed E-state index contributed by atoms with van der Waals surface area (Å²) in [4.78, 5) is 8.72. The molecule has 1 heterocycles. The van der Waals surface area contributed by atoms with Crippen LogP contribution >= 0.6 is 0 Å². The molecule has 0 saturated carbocycles. The minimum Gasteiger partial charge on any atom is -0.507 e. The molecule has 0 fully saturated rings. The molecule has 110 valence electrons. The van der Waals surface area contributed by atoms with Gasteiger partial charge in [0.1, 0.15) is 17.4 Å². The highest BCUT2D eigenvalue weighted by Gasteiger charge is 2.09. The Labute approximate surface area is 127 Å². The molecule has 0 saturated heterocycles. The highest BCUT2D eigenvalue weighted by Crippen LogP contribution is 2.27. The molecule has 0 aliphatic heterocycles. The number of aryl methyl sites for hydroxylation is 1. The molecule has 4 nitrogen and oxygen atoms in total. The Bertz CT molecular complexity index is 821. The van der Waals surface area contributed by atoms with Crippen molar-refractivity contribution in [2.75, 3.05) is 5.32 Å². The molecule has 5 heteroatoms. The van der Waals surface area contributed by atoms with E-state index in [9.17, 15) is 9.50 Å². The van der Waals surface area contributed by atoms with Gasteiger partial charge in [0.2, 0.25) is 0 Å². The molecular weight excluding hydrogens is 281 g/mol. The largest absolute Gasteiger partial charge is 0.507 e. The van der Waals surface area contributed by atoms with Crippen molar-refractivity contribution in [3.8, 4) is 17.1 Å². The van der Waals surface area contributed by atoms with Gasteiger partial charge in [-0.1, -0.05) is 18.2 Å². The fourth-order valence-electron chi connectivity index (χ4n) is 2.13. The van der Waals surface area contributed by atoms with Gasteiger partial charge < -0.3 is 10.4 Å². The van der Waals surface area contributed by atoms with Crippen LogP contribution in [-0.2, 0) is 0 Å². The molecular formula is C17H14FN3O. The number of nitrogens with zero attached hydrogens (tertiary/aromatic N) is 2. The lowest BCUT2D eigenvalue weighted by atomic mass is 10.2.